The maximum absolute atomic E-state index is 11.6. The first-order valence-corrected chi connectivity index (χ1v) is 11.9. The lowest BCUT2D eigenvalue weighted by Gasteiger charge is -2.26. The lowest BCUT2D eigenvalue weighted by atomic mass is 10.1. The third-order valence-corrected chi connectivity index (χ3v) is 6.58. The number of imidazole rings is 1. The molecule has 2 N–H and O–H groups in total. The van der Waals surface area contributed by atoms with Crippen molar-refractivity contribution < 1.29 is 14.3 Å². The van der Waals surface area contributed by atoms with Gasteiger partial charge in [-0.1, -0.05) is 60.7 Å². The van der Waals surface area contributed by atoms with Crippen molar-refractivity contribution >= 4 is 5.91 Å². The topological polar surface area (TPSA) is 79.4 Å². The van der Waals surface area contributed by atoms with E-state index in [0.29, 0.717) is 19.6 Å². The Labute approximate surface area is 205 Å². The Kier molecular flexibility index (Phi) is 6.64. The van der Waals surface area contributed by atoms with E-state index in [1.165, 1.54) is 22.3 Å². The molecule has 0 aliphatic heterocycles. The van der Waals surface area contributed by atoms with Crippen LogP contribution < -0.4 is 10.5 Å². The van der Waals surface area contributed by atoms with Gasteiger partial charge in [0.1, 0.15) is 11.4 Å². The molecule has 3 aromatic carbocycles. The number of rotatable bonds is 10. The van der Waals surface area contributed by atoms with Crippen LogP contribution in [0.4, 0.5) is 0 Å². The number of ether oxygens (including phenoxy) is 2. The number of nitrogens with two attached hydrogens (primary N) is 1. The lowest BCUT2D eigenvalue weighted by Crippen LogP contribution is -2.25. The SMILES string of the molecule is CC(OCc1ccccc1)C(CCOc1ccc2c(c1)Cc1ccccc1-2)n1cnc(C(N)=O)c1. The van der Waals surface area contributed by atoms with E-state index in [2.05, 4.69) is 41.4 Å². The Balaban J connectivity index is 1.26. The summed E-state index contributed by atoms with van der Waals surface area (Å²) in [6.45, 7) is 3.03. The molecule has 0 spiro atoms. The molecule has 4 aromatic rings. The van der Waals surface area contributed by atoms with Gasteiger partial charge in [-0.3, -0.25) is 4.79 Å². The minimum absolute atomic E-state index is 0.0713. The molecule has 2 atom stereocenters. The van der Waals surface area contributed by atoms with Crippen LogP contribution in [0.3, 0.4) is 0 Å². The number of amides is 1. The summed E-state index contributed by atoms with van der Waals surface area (Å²) in [6.07, 6.45) is 4.80. The standard InChI is InChI=1S/C29H29N3O3/c1-20(35-18-21-7-3-2-4-8-21)28(32-17-27(29(30)33)31-19-32)13-14-34-24-11-12-26-23(16-24)15-22-9-5-6-10-25(22)26/h2-12,16-17,19-20,28H,13-15,18H2,1H3,(H2,30,33). The van der Waals surface area contributed by atoms with E-state index in [9.17, 15) is 4.79 Å². The van der Waals surface area contributed by atoms with Gasteiger partial charge in [-0.2, -0.15) is 0 Å². The van der Waals surface area contributed by atoms with Crippen LogP contribution in [0.15, 0.2) is 85.3 Å². The van der Waals surface area contributed by atoms with Crippen LogP contribution >= 0.6 is 0 Å². The molecular formula is C29H29N3O3. The van der Waals surface area contributed by atoms with Crippen LogP contribution in [0.1, 0.15) is 46.6 Å². The molecular weight excluding hydrogens is 438 g/mol. The van der Waals surface area contributed by atoms with Gasteiger partial charge >= 0.3 is 0 Å². The van der Waals surface area contributed by atoms with Gasteiger partial charge in [0.25, 0.3) is 5.91 Å². The summed E-state index contributed by atoms with van der Waals surface area (Å²) in [5.74, 6) is 0.312. The summed E-state index contributed by atoms with van der Waals surface area (Å²) in [5, 5.41) is 0. The highest BCUT2D eigenvalue weighted by Crippen LogP contribution is 2.38. The highest BCUT2D eigenvalue weighted by molar-refractivity contribution is 5.90. The molecule has 0 radical (unpaired) electrons. The molecule has 0 saturated carbocycles. The Morgan fingerprint density at radius 2 is 1.80 bits per heavy atom. The van der Waals surface area contributed by atoms with Gasteiger partial charge in [0.05, 0.1) is 31.7 Å². The van der Waals surface area contributed by atoms with Gasteiger partial charge in [0, 0.05) is 12.6 Å². The minimum Gasteiger partial charge on any atom is -0.494 e. The molecule has 1 aliphatic carbocycles. The zero-order chi connectivity index (χ0) is 24.2. The van der Waals surface area contributed by atoms with Crippen molar-refractivity contribution in [1.29, 1.82) is 0 Å². The van der Waals surface area contributed by atoms with Crippen molar-refractivity contribution in [3.63, 3.8) is 0 Å². The summed E-state index contributed by atoms with van der Waals surface area (Å²) < 4.78 is 14.3. The predicted octanol–water partition coefficient (Wildman–Crippen LogP) is 5.17. The largest absolute Gasteiger partial charge is 0.494 e. The zero-order valence-electron chi connectivity index (χ0n) is 19.8. The molecule has 5 rings (SSSR count). The molecule has 0 bridgehead atoms. The monoisotopic (exact) mass is 467 g/mol. The average molecular weight is 468 g/mol. The average Bonchev–Trinajstić information content (AvgIpc) is 3.51. The molecule has 0 fully saturated rings. The van der Waals surface area contributed by atoms with Crippen LogP contribution in [0, 0.1) is 0 Å². The van der Waals surface area contributed by atoms with E-state index in [4.69, 9.17) is 15.2 Å². The fourth-order valence-corrected chi connectivity index (χ4v) is 4.69. The van der Waals surface area contributed by atoms with Crippen LogP contribution in [0.5, 0.6) is 5.75 Å². The van der Waals surface area contributed by atoms with E-state index >= 15 is 0 Å². The Morgan fingerprint density at radius 1 is 1.03 bits per heavy atom. The Bertz CT molecular complexity index is 1320. The number of carbonyl (C=O) groups is 1. The summed E-state index contributed by atoms with van der Waals surface area (Å²) in [6, 6.07) is 24.8. The smallest absolute Gasteiger partial charge is 0.268 e. The minimum atomic E-state index is -0.546. The molecule has 1 aliphatic rings. The lowest BCUT2D eigenvalue weighted by molar-refractivity contribution is 0.0112. The van der Waals surface area contributed by atoms with Gasteiger partial charge < -0.3 is 19.8 Å². The first-order valence-electron chi connectivity index (χ1n) is 11.9. The highest BCUT2D eigenvalue weighted by atomic mass is 16.5. The molecule has 35 heavy (non-hydrogen) atoms. The van der Waals surface area contributed by atoms with Crippen molar-refractivity contribution in [1.82, 2.24) is 9.55 Å². The van der Waals surface area contributed by atoms with E-state index in [1.54, 1.807) is 12.5 Å². The van der Waals surface area contributed by atoms with E-state index in [1.807, 2.05) is 47.9 Å². The number of hydrogen-bond acceptors (Lipinski definition) is 4. The number of benzene rings is 3. The van der Waals surface area contributed by atoms with Gasteiger partial charge in [0.15, 0.2) is 0 Å². The van der Waals surface area contributed by atoms with E-state index in [0.717, 1.165) is 17.7 Å². The quantitative estimate of drug-likeness (QED) is 0.307. The van der Waals surface area contributed by atoms with Crippen LogP contribution in [0.25, 0.3) is 11.1 Å². The van der Waals surface area contributed by atoms with Crippen molar-refractivity contribution in [3.8, 4) is 16.9 Å². The molecule has 178 valence electrons. The number of hydrogen-bond donors (Lipinski definition) is 1. The number of fused-ring (bicyclic) bond motifs is 3. The van der Waals surface area contributed by atoms with E-state index < -0.39 is 5.91 Å². The number of carbonyl (C=O) groups excluding carboxylic acids is 1. The van der Waals surface area contributed by atoms with Gasteiger partial charge in [-0.05, 0) is 53.3 Å². The van der Waals surface area contributed by atoms with Gasteiger partial charge in [-0.25, -0.2) is 4.98 Å². The van der Waals surface area contributed by atoms with E-state index in [-0.39, 0.29) is 17.8 Å². The molecule has 2 unspecified atom stereocenters. The van der Waals surface area contributed by atoms with Gasteiger partial charge in [-0.15, -0.1) is 0 Å². The second-order valence-electron chi connectivity index (χ2n) is 8.93. The Hall–Kier alpha value is -3.90. The number of aromatic nitrogens is 2. The second-order valence-corrected chi connectivity index (χ2v) is 8.93. The predicted molar refractivity (Wildman–Crippen MR) is 135 cm³/mol. The van der Waals surface area contributed by atoms with Crippen LogP contribution in [-0.2, 0) is 17.8 Å². The van der Waals surface area contributed by atoms with Crippen LogP contribution in [0.2, 0.25) is 0 Å². The summed E-state index contributed by atoms with van der Waals surface area (Å²) in [4.78, 5) is 15.7. The summed E-state index contributed by atoms with van der Waals surface area (Å²) in [5.41, 5.74) is 12.0. The third-order valence-electron chi connectivity index (χ3n) is 6.58. The maximum Gasteiger partial charge on any atom is 0.268 e. The molecule has 1 amide bonds. The normalized spacial score (nSPS) is 13.6. The number of nitrogens with zero attached hydrogens (tertiary/aromatic N) is 2. The first kappa shape index (κ1) is 22.9. The number of primary amides is 1. The maximum atomic E-state index is 11.6. The fraction of sp³-hybridized carbons (Fsp3) is 0.241. The molecule has 6 heteroatoms. The summed E-state index contributed by atoms with van der Waals surface area (Å²) in [7, 11) is 0. The van der Waals surface area contributed by atoms with Crippen molar-refractivity contribution in [2.45, 2.75) is 38.5 Å². The van der Waals surface area contributed by atoms with Crippen LogP contribution in [-0.4, -0.2) is 28.2 Å². The fourth-order valence-electron chi connectivity index (χ4n) is 4.69. The summed E-state index contributed by atoms with van der Waals surface area (Å²) >= 11 is 0. The molecule has 1 aromatic heterocycles. The zero-order valence-corrected chi connectivity index (χ0v) is 19.8. The van der Waals surface area contributed by atoms with Crippen molar-refractivity contribution in [2.24, 2.45) is 5.73 Å². The second kappa shape index (κ2) is 10.2. The molecule has 6 nitrogen and oxygen atoms in total. The van der Waals surface area contributed by atoms with Crippen molar-refractivity contribution in [3.05, 3.63) is 108 Å². The Morgan fingerprint density at radius 3 is 2.60 bits per heavy atom. The third kappa shape index (κ3) is 5.12. The van der Waals surface area contributed by atoms with Crippen molar-refractivity contribution in [2.75, 3.05) is 6.61 Å². The molecule has 1 heterocycles. The highest BCUT2D eigenvalue weighted by Gasteiger charge is 2.22. The first-order chi connectivity index (χ1) is 17.1. The molecule has 0 saturated heterocycles. The van der Waals surface area contributed by atoms with Gasteiger partial charge in [0.2, 0.25) is 0 Å².